The number of rotatable bonds is 8. The molecule has 6 heteroatoms. The first-order chi connectivity index (χ1) is 9.33. The van der Waals surface area contributed by atoms with E-state index in [0.29, 0.717) is 6.42 Å². The van der Waals surface area contributed by atoms with Crippen LogP contribution in [0.2, 0.25) is 0 Å². The highest BCUT2D eigenvalue weighted by Gasteiger charge is 2.38. The predicted molar refractivity (Wildman–Crippen MR) is 82.9 cm³/mol. The van der Waals surface area contributed by atoms with E-state index in [4.69, 9.17) is 4.74 Å². The maximum Gasteiger partial charge on any atom is 0.147 e. The van der Waals surface area contributed by atoms with Gasteiger partial charge in [0.1, 0.15) is 9.84 Å². The quantitative estimate of drug-likeness (QED) is 0.722. The lowest BCUT2D eigenvalue weighted by Crippen LogP contribution is -2.62. The number of morpholine rings is 1. The smallest absolute Gasteiger partial charge is 0.147 e. The first-order valence-corrected chi connectivity index (χ1v) is 9.63. The number of nitrogens with one attached hydrogen (secondary N) is 1. The first-order valence-electron chi connectivity index (χ1n) is 7.57. The third-order valence-electron chi connectivity index (χ3n) is 4.43. The first kappa shape index (κ1) is 17.9. The topological polar surface area (TPSA) is 58.6 Å². The predicted octanol–water partition coefficient (Wildman–Crippen LogP) is 0.900. The van der Waals surface area contributed by atoms with Crippen molar-refractivity contribution in [3.8, 4) is 0 Å². The van der Waals surface area contributed by atoms with E-state index in [1.807, 2.05) is 0 Å². The molecule has 1 fully saturated rings. The summed E-state index contributed by atoms with van der Waals surface area (Å²) < 4.78 is 28.4. The molecular weight excluding hydrogens is 276 g/mol. The van der Waals surface area contributed by atoms with Gasteiger partial charge in [-0.05, 0) is 26.3 Å². The normalized spacial score (nSPS) is 22.4. The van der Waals surface area contributed by atoms with E-state index in [0.717, 1.165) is 39.3 Å². The monoisotopic (exact) mass is 306 g/mol. The maximum atomic E-state index is 11.5. The Morgan fingerprint density at radius 3 is 2.35 bits per heavy atom. The Labute approximate surface area is 124 Å². The van der Waals surface area contributed by atoms with Crippen molar-refractivity contribution in [3.05, 3.63) is 0 Å². The van der Waals surface area contributed by atoms with Gasteiger partial charge in [-0.15, -0.1) is 0 Å². The number of hydrogen-bond acceptors (Lipinski definition) is 5. The molecule has 0 aromatic rings. The SMILES string of the molecule is CCNC(CCS(C)(=O)=O)C(C)(CC)N1CCOCC1. The summed E-state index contributed by atoms with van der Waals surface area (Å²) in [4.78, 5) is 2.45. The Balaban J connectivity index is 2.82. The van der Waals surface area contributed by atoms with Gasteiger partial charge >= 0.3 is 0 Å². The molecule has 0 bridgehead atoms. The molecular formula is C14H30N2O3S. The van der Waals surface area contributed by atoms with Crippen LogP contribution in [-0.4, -0.2) is 69.8 Å². The fourth-order valence-electron chi connectivity index (χ4n) is 2.98. The molecule has 0 spiro atoms. The summed E-state index contributed by atoms with van der Waals surface area (Å²) in [5, 5.41) is 3.50. The molecule has 0 saturated carbocycles. The molecule has 0 aromatic heterocycles. The van der Waals surface area contributed by atoms with Gasteiger partial charge in [-0.2, -0.15) is 0 Å². The Kier molecular flexibility index (Phi) is 6.91. The second-order valence-electron chi connectivity index (χ2n) is 5.84. The minimum atomic E-state index is -2.92. The van der Waals surface area contributed by atoms with E-state index in [1.165, 1.54) is 6.26 Å². The third-order valence-corrected chi connectivity index (χ3v) is 5.41. The molecule has 2 atom stereocenters. The number of hydrogen-bond donors (Lipinski definition) is 1. The maximum absolute atomic E-state index is 11.5. The standard InChI is InChI=1S/C14H30N2O3S/c1-5-14(3,16-8-10-19-11-9-16)13(15-6-2)7-12-20(4,17)18/h13,15H,5-12H2,1-4H3. The van der Waals surface area contributed by atoms with Gasteiger partial charge in [0.05, 0.1) is 19.0 Å². The van der Waals surface area contributed by atoms with Crippen molar-refractivity contribution in [2.45, 2.75) is 45.2 Å². The van der Waals surface area contributed by atoms with Crippen LogP contribution in [0.25, 0.3) is 0 Å². The highest BCUT2D eigenvalue weighted by atomic mass is 32.2. The van der Waals surface area contributed by atoms with E-state index in [-0.39, 0.29) is 17.3 Å². The van der Waals surface area contributed by atoms with Crippen molar-refractivity contribution in [1.29, 1.82) is 0 Å². The molecule has 0 aromatic carbocycles. The van der Waals surface area contributed by atoms with Crippen molar-refractivity contribution in [2.24, 2.45) is 0 Å². The zero-order valence-electron chi connectivity index (χ0n) is 13.3. The van der Waals surface area contributed by atoms with Crippen LogP contribution in [0.4, 0.5) is 0 Å². The van der Waals surface area contributed by atoms with Crippen LogP contribution in [-0.2, 0) is 14.6 Å². The molecule has 0 aliphatic carbocycles. The molecule has 5 nitrogen and oxygen atoms in total. The number of ether oxygens (including phenoxy) is 1. The van der Waals surface area contributed by atoms with Crippen LogP contribution in [0, 0.1) is 0 Å². The van der Waals surface area contributed by atoms with Gasteiger partial charge < -0.3 is 10.1 Å². The van der Waals surface area contributed by atoms with Crippen molar-refractivity contribution < 1.29 is 13.2 Å². The second kappa shape index (κ2) is 7.73. The summed E-state index contributed by atoms with van der Waals surface area (Å²) in [6, 6.07) is 0.185. The molecule has 1 saturated heterocycles. The van der Waals surface area contributed by atoms with Gasteiger partial charge in [0, 0.05) is 30.9 Å². The van der Waals surface area contributed by atoms with Crippen LogP contribution in [0.3, 0.4) is 0 Å². The minimum Gasteiger partial charge on any atom is -0.379 e. The summed E-state index contributed by atoms with van der Waals surface area (Å²) >= 11 is 0. The van der Waals surface area contributed by atoms with E-state index in [2.05, 4.69) is 31.0 Å². The fourth-order valence-corrected chi connectivity index (χ4v) is 3.64. The van der Waals surface area contributed by atoms with E-state index >= 15 is 0 Å². The summed E-state index contributed by atoms with van der Waals surface area (Å²) in [6.07, 6.45) is 2.97. The highest BCUT2D eigenvalue weighted by molar-refractivity contribution is 7.90. The van der Waals surface area contributed by atoms with E-state index < -0.39 is 9.84 Å². The molecule has 0 radical (unpaired) electrons. The van der Waals surface area contributed by atoms with Crippen LogP contribution < -0.4 is 5.32 Å². The Morgan fingerprint density at radius 2 is 1.90 bits per heavy atom. The molecule has 1 N–H and O–H groups in total. The molecule has 2 unspecified atom stereocenters. The van der Waals surface area contributed by atoms with Crippen molar-refractivity contribution >= 4 is 9.84 Å². The van der Waals surface area contributed by atoms with Gasteiger partial charge in [0.15, 0.2) is 0 Å². The lowest BCUT2D eigenvalue weighted by Gasteiger charge is -2.48. The van der Waals surface area contributed by atoms with Crippen LogP contribution >= 0.6 is 0 Å². The minimum absolute atomic E-state index is 0.0233. The fraction of sp³-hybridized carbons (Fsp3) is 1.00. The summed E-state index contributed by atoms with van der Waals surface area (Å²) in [5.41, 5.74) is -0.0233. The molecule has 1 heterocycles. The molecule has 1 aliphatic heterocycles. The molecule has 1 rings (SSSR count). The molecule has 120 valence electrons. The van der Waals surface area contributed by atoms with Gasteiger partial charge in [-0.3, -0.25) is 4.90 Å². The van der Waals surface area contributed by atoms with E-state index in [9.17, 15) is 8.42 Å². The second-order valence-corrected chi connectivity index (χ2v) is 8.10. The molecule has 0 amide bonds. The number of likely N-dealkylation sites (N-methyl/N-ethyl adjacent to an activating group) is 1. The Bertz CT molecular complexity index is 380. The summed E-state index contributed by atoms with van der Waals surface area (Å²) in [5.74, 6) is 0.241. The molecule has 20 heavy (non-hydrogen) atoms. The van der Waals surface area contributed by atoms with Gasteiger partial charge in [-0.25, -0.2) is 8.42 Å². The van der Waals surface area contributed by atoms with Crippen LogP contribution in [0.5, 0.6) is 0 Å². The van der Waals surface area contributed by atoms with Gasteiger partial charge in [-0.1, -0.05) is 13.8 Å². The highest BCUT2D eigenvalue weighted by Crippen LogP contribution is 2.27. The van der Waals surface area contributed by atoms with Crippen molar-refractivity contribution in [1.82, 2.24) is 10.2 Å². The van der Waals surface area contributed by atoms with Gasteiger partial charge in [0.2, 0.25) is 0 Å². The van der Waals surface area contributed by atoms with E-state index in [1.54, 1.807) is 0 Å². The molecule has 1 aliphatic rings. The largest absolute Gasteiger partial charge is 0.379 e. The Hall–Kier alpha value is -0.170. The van der Waals surface area contributed by atoms with Crippen LogP contribution in [0.1, 0.15) is 33.6 Å². The summed E-state index contributed by atoms with van der Waals surface area (Å²) in [7, 11) is -2.92. The lowest BCUT2D eigenvalue weighted by atomic mass is 9.85. The average Bonchev–Trinajstić information content (AvgIpc) is 2.42. The lowest BCUT2D eigenvalue weighted by molar-refractivity contribution is -0.0324. The van der Waals surface area contributed by atoms with Crippen molar-refractivity contribution in [2.75, 3.05) is 44.9 Å². The van der Waals surface area contributed by atoms with Gasteiger partial charge in [0.25, 0.3) is 0 Å². The zero-order valence-corrected chi connectivity index (χ0v) is 14.1. The third kappa shape index (κ3) is 4.98. The van der Waals surface area contributed by atoms with Crippen LogP contribution in [0.15, 0.2) is 0 Å². The number of nitrogens with zero attached hydrogens (tertiary/aromatic N) is 1. The van der Waals surface area contributed by atoms with Crippen molar-refractivity contribution in [3.63, 3.8) is 0 Å². The average molecular weight is 306 g/mol. The zero-order chi connectivity index (χ0) is 15.2. The number of sulfone groups is 1. The summed E-state index contributed by atoms with van der Waals surface area (Å²) in [6.45, 7) is 10.7. The Morgan fingerprint density at radius 1 is 1.30 bits per heavy atom.